The number of alkyl halides is 1. The Labute approximate surface area is 132 Å². The lowest BCUT2D eigenvalue weighted by atomic mass is 9.88. The highest BCUT2D eigenvalue weighted by atomic mass is 35.5. The zero-order chi connectivity index (χ0) is 15.9. The van der Waals surface area contributed by atoms with E-state index < -0.39 is 10.0 Å². The van der Waals surface area contributed by atoms with Crippen molar-refractivity contribution in [2.45, 2.75) is 57.9 Å². The fourth-order valence-electron chi connectivity index (χ4n) is 3.30. The largest absolute Gasteiger partial charge is 0.465 e. The average molecular weight is 334 g/mol. The molecule has 2 heterocycles. The molecule has 1 aromatic heterocycles. The van der Waals surface area contributed by atoms with Crippen molar-refractivity contribution in [3.8, 4) is 0 Å². The van der Waals surface area contributed by atoms with E-state index in [9.17, 15) is 8.42 Å². The molecule has 6 heteroatoms. The van der Waals surface area contributed by atoms with Gasteiger partial charge in [0.1, 0.15) is 16.4 Å². The van der Waals surface area contributed by atoms with Gasteiger partial charge in [-0.15, -0.1) is 11.6 Å². The number of hydrogen-bond acceptors (Lipinski definition) is 3. The highest BCUT2D eigenvalue weighted by molar-refractivity contribution is 7.89. The third-order valence-corrected chi connectivity index (χ3v) is 6.98. The zero-order valence-corrected chi connectivity index (χ0v) is 14.9. The van der Waals surface area contributed by atoms with Crippen molar-refractivity contribution in [1.82, 2.24) is 4.31 Å². The molecule has 0 spiro atoms. The summed E-state index contributed by atoms with van der Waals surface area (Å²) in [5.41, 5.74) is 0.590. The summed E-state index contributed by atoms with van der Waals surface area (Å²) in [5, 5.41) is 0. The molecule has 0 saturated carbocycles. The number of piperidine rings is 1. The third kappa shape index (κ3) is 2.88. The molecule has 0 N–H and O–H groups in total. The molecule has 4 nitrogen and oxygen atoms in total. The van der Waals surface area contributed by atoms with Gasteiger partial charge in [0, 0.05) is 18.2 Å². The fraction of sp³-hybridized carbons (Fsp3) is 0.733. The molecule has 3 atom stereocenters. The summed E-state index contributed by atoms with van der Waals surface area (Å²) in [4.78, 5) is 0.267. The minimum Gasteiger partial charge on any atom is -0.465 e. The molecule has 0 bridgehead atoms. The lowest BCUT2D eigenvalue weighted by Gasteiger charge is -2.40. The van der Waals surface area contributed by atoms with Crippen molar-refractivity contribution in [2.75, 3.05) is 6.54 Å². The van der Waals surface area contributed by atoms with Crippen LogP contribution in [0.3, 0.4) is 0 Å². The Kier molecular flexibility index (Phi) is 4.76. The van der Waals surface area contributed by atoms with E-state index in [-0.39, 0.29) is 16.8 Å². The first-order valence-corrected chi connectivity index (χ1v) is 9.34. The van der Waals surface area contributed by atoms with Crippen molar-refractivity contribution in [2.24, 2.45) is 11.8 Å². The normalized spacial score (nSPS) is 28.0. The smallest absolute Gasteiger partial charge is 0.247 e. The van der Waals surface area contributed by atoms with Gasteiger partial charge < -0.3 is 4.42 Å². The van der Waals surface area contributed by atoms with Gasteiger partial charge in [-0.3, -0.25) is 0 Å². The summed E-state index contributed by atoms with van der Waals surface area (Å²) in [7, 11) is -3.57. The highest BCUT2D eigenvalue weighted by Crippen LogP contribution is 2.36. The van der Waals surface area contributed by atoms with E-state index in [2.05, 4.69) is 13.8 Å². The van der Waals surface area contributed by atoms with Crippen LogP contribution in [-0.2, 0) is 15.9 Å². The summed E-state index contributed by atoms with van der Waals surface area (Å²) >= 11 is 5.95. The molecule has 1 aromatic rings. The Morgan fingerprint density at radius 2 is 1.86 bits per heavy atom. The molecular weight excluding hydrogens is 310 g/mol. The van der Waals surface area contributed by atoms with Crippen LogP contribution in [0.25, 0.3) is 0 Å². The maximum atomic E-state index is 13.1. The number of furan rings is 1. The lowest BCUT2D eigenvalue weighted by Crippen LogP contribution is -2.48. The minimum absolute atomic E-state index is 0.0102. The molecular formula is C15H24ClNO3S. The van der Waals surface area contributed by atoms with Gasteiger partial charge in [0.15, 0.2) is 0 Å². The number of sulfonamides is 1. The van der Waals surface area contributed by atoms with Gasteiger partial charge in [0.05, 0.1) is 5.88 Å². The van der Waals surface area contributed by atoms with Crippen molar-refractivity contribution in [3.63, 3.8) is 0 Å². The maximum absolute atomic E-state index is 13.1. The monoisotopic (exact) mass is 333 g/mol. The molecule has 0 amide bonds. The van der Waals surface area contributed by atoms with Gasteiger partial charge in [-0.05, 0) is 39.0 Å². The summed E-state index contributed by atoms with van der Waals surface area (Å²) in [6.07, 6.45) is 1.05. The van der Waals surface area contributed by atoms with E-state index in [1.807, 2.05) is 6.92 Å². The highest BCUT2D eigenvalue weighted by Gasteiger charge is 2.40. The van der Waals surface area contributed by atoms with Crippen LogP contribution in [-0.4, -0.2) is 25.3 Å². The van der Waals surface area contributed by atoms with E-state index in [1.165, 1.54) is 0 Å². The fourth-order valence-corrected chi connectivity index (χ4v) is 5.96. The van der Waals surface area contributed by atoms with Crippen molar-refractivity contribution in [3.05, 3.63) is 17.1 Å². The summed E-state index contributed by atoms with van der Waals surface area (Å²) < 4.78 is 33.4. The van der Waals surface area contributed by atoms with Crippen LogP contribution in [0.15, 0.2) is 9.31 Å². The first kappa shape index (κ1) is 16.8. The number of aryl methyl sites for hydroxylation is 2. The number of hydrogen-bond donors (Lipinski definition) is 0. The van der Waals surface area contributed by atoms with Crippen molar-refractivity contribution in [1.29, 1.82) is 0 Å². The quantitative estimate of drug-likeness (QED) is 0.793. The molecule has 120 valence electrons. The minimum atomic E-state index is -3.57. The Bertz CT molecular complexity index is 623. The summed E-state index contributed by atoms with van der Waals surface area (Å²) in [6.45, 7) is 10.2. The number of halogens is 1. The van der Waals surface area contributed by atoms with Gasteiger partial charge in [0.2, 0.25) is 10.0 Å². The van der Waals surface area contributed by atoms with Gasteiger partial charge in [-0.1, -0.05) is 13.8 Å². The molecule has 0 aliphatic carbocycles. The first-order chi connectivity index (χ1) is 9.70. The second-order valence-corrected chi connectivity index (χ2v) is 8.38. The average Bonchev–Trinajstić information content (AvgIpc) is 2.68. The molecule has 3 unspecified atom stereocenters. The van der Waals surface area contributed by atoms with Crippen LogP contribution in [0.5, 0.6) is 0 Å². The predicted octanol–water partition coefficient (Wildman–Crippen LogP) is 3.69. The van der Waals surface area contributed by atoms with E-state index >= 15 is 0 Å². The standard InChI is InChI=1S/C15H24ClNO3S/c1-9-6-10(2)11(3)17(8-9)21(18,19)15-13(5)20-12(4)14(15)7-16/h9-11H,6-8H2,1-5H3. The summed E-state index contributed by atoms with van der Waals surface area (Å²) in [5.74, 6) is 1.87. The lowest BCUT2D eigenvalue weighted by molar-refractivity contribution is 0.157. The summed E-state index contributed by atoms with van der Waals surface area (Å²) in [6, 6.07) is -0.0102. The molecule has 1 aliphatic rings. The van der Waals surface area contributed by atoms with E-state index in [0.717, 1.165) is 6.42 Å². The van der Waals surface area contributed by atoms with E-state index in [0.29, 0.717) is 35.5 Å². The second-order valence-electron chi connectivity index (χ2n) is 6.29. The molecule has 2 rings (SSSR count). The Hall–Kier alpha value is -0.520. The number of rotatable bonds is 3. The van der Waals surface area contributed by atoms with Gasteiger partial charge in [-0.25, -0.2) is 8.42 Å². The van der Waals surface area contributed by atoms with Crippen molar-refractivity contribution >= 4 is 21.6 Å². The van der Waals surface area contributed by atoms with Crippen LogP contribution in [0, 0.1) is 25.7 Å². The second kappa shape index (κ2) is 5.94. The van der Waals surface area contributed by atoms with Gasteiger partial charge in [0.25, 0.3) is 0 Å². The molecule has 0 aromatic carbocycles. The van der Waals surface area contributed by atoms with E-state index in [4.69, 9.17) is 16.0 Å². The maximum Gasteiger partial charge on any atom is 0.247 e. The zero-order valence-electron chi connectivity index (χ0n) is 13.3. The van der Waals surface area contributed by atoms with Crippen LogP contribution >= 0.6 is 11.6 Å². The predicted molar refractivity (Wildman–Crippen MR) is 84.0 cm³/mol. The molecule has 0 radical (unpaired) electrons. The van der Waals surface area contributed by atoms with Gasteiger partial charge in [-0.2, -0.15) is 4.31 Å². The first-order valence-electron chi connectivity index (χ1n) is 7.36. The van der Waals surface area contributed by atoms with Crippen LogP contribution in [0.4, 0.5) is 0 Å². The van der Waals surface area contributed by atoms with Crippen LogP contribution < -0.4 is 0 Å². The number of nitrogens with zero attached hydrogens (tertiary/aromatic N) is 1. The van der Waals surface area contributed by atoms with E-state index in [1.54, 1.807) is 18.2 Å². The van der Waals surface area contributed by atoms with Crippen LogP contribution in [0.2, 0.25) is 0 Å². The molecule has 1 saturated heterocycles. The Morgan fingerprint density at radius 3 is 2.43 bits per heavy atom. The van der Waals surface area contributed by atoms with Gasteiger partial charge >= 0.3 is 0 Å². The third-order valence-electron chi connectivity index (χ3n) is 4.57. The topological polar surface area (TPSA) is 50.5 Å². The molecule has 21 heavy (non-hydrogen) atoms. The molecule has 1 aliphatic heterocycles. The Morgan fingerprint density at radius 1 is 1.24 bits per heavy atom. The SMILES string of the molecule is Cc1oc(C)c(S(=O)(=O)N2CC(C)CC(C)C2C)c1CCl. The Balaban J connectivity index is 2.52. The van der Waals surface area contributed by atoms with Crippen LogP contribution in [0.1, 0.15) is 44.3 Å². The van der Waals surface area contributed by atoms with Crippen molar-refractivity contribution < 1.29 is 12.8 Å². The molecule has 1 fully saturated rings.